The number of hydrogen-bond acceptors (Lipinski definition) is 6. The van der Waals surface area contributed by atoms with Crippen molar-refractivity contribution in [3.63, 3.8) is 0 Å². The second kappa shape index (κ2) is 5.10. The summed E-state index contributed by atoms with van der Waals surface area (Å²) in [7, 11) is 0. The molecule has 3 rings (SSSR count). The molecule has 0 spiro atoms. The Bertz CT molecular complexity index is 805. The SMILES string of the molecule is Cc1nc(C)c(-c2nc(-c3ccc(C(=O)O)cc3)no2)s1. The van der Waals surface area contributed by atoms with Gasteiger partial charge < -0.3 is 9.63 Å². The zero-order chi connectivity index (χ0) is 15.0. The van der Waals surface area contributed by atoms with Crippen LogP contribution in [0.4, 0.5) is 0 Å². The molecule has 0 unspecified atom stereocenters. The molecule has 21 heavy (non-hydrogen) atoms. The molecule has 1 N–H and O–H groups in total. The molecule has 2 heterocycles. The molecule has 0 bridgehead atoms. The lowest BCUT2D eigenvalue weighted by molar-refractivity contribution is 0.0697. The highest BCUT2D eigenvalue weighted by Gasteiger charge is 2.16. The normalized spacial score (nSPS) is 10.8. The molecule has 0 aliphatic carbocycles. The van der Waals surface area contributed by atoms with Crippen LogP contribution in [0.2, 0.25) is 0 Å². The zero-order valence-corrected chi connectivity index (χ0v) is 12.1. The Balaban J connectivity index is 1.94. The summed E-state index contributed by atoms with van der Waals surface area (Å²) in [6.45, 7) is 3.81. The molecule has 106 valence electrons. The summed E-state index contributed by atoms with van der Waals surface area (Å²) >= 11 is 1.50. The van der Waals surface area contributed by atoms with Gasteiger partial charge in [-0.3, -0.25) is 0 Å². The smallest absolute Gasteiger partial charge is 0.335 e. The quantitative estimate of drug-likeness (QED) is 0.799. The van der Waals surface area contributed by atoms with Gasteiger partial charge in [-0.15, -0.1) is 11.3 Å². The molecule has 0 fully saturated rings. The van der Waals surface area contributed by atoms with Crippen LogP contribution in [0.25, 0.3) is 22.2 Å². The first-order chi connectivity index (χ1) is 10.0. The minimum atomic E-state index is -0.967. The maximum atomic E-state index is 10.8. The number of hydrogen-bond donors (Lipinski definition) is 1. The van der Waals surface area contributed by atoms with Crippen LogP contribution >= 0.6 is 11.3 Å². The monoisotopic (exact) mass is 301 g/mol. The summed E-state index contributed by atoms with van der Waals surface area (Å²) in [5.41, 5.74) is 1.78. The average Bonchev–Trinajstić information content (AvgIpc) is 3.05. The van der Waals surface area contributed by atoms with Crippen LogP contribution in [0, 0.1) is 13.8 Å². The Morgan fingerprint density at radius 2 is 1.90 bits per heavy atom. The van der Waals surface area contributed by atoms with Crippen LogP contribution in [0.1, 0.15) is 21.1 Å². The Morgan fingerprint density at radius 3 is 2.48 bits per heavy atom. The molecule has 0 saturated carbocycles. The van der Waals surface area contributed by atoms with Crippen molar-refractivity contribution in [2.45, 2.75) is 13.8 Å². The van der Waals surface area contributed by atoms with Crippen molar-refractivity contribution in [1.82, 2.24) is 15.1 Å². The minimum absolute atomic E-state index is 0.219. The molecule has 0 atom stereocenters. The number of aromatic carboxylic acids is 1. The van der Waals surface area contributed by atoms with Crippen LogP contribution in [0.3, 0.4) is 0 Å². The minimum Gasteiger partial charge on any atom is -0.478 e. The van der Waals surface area contributed by atoms with Gasteiger partial charge in [-0.2, -0.15) is 4.98 Å². The van der Waals surface area contributed by atoms with Gasteiger partial charge in [0.15, 0.2) is 0 Å². The Kier molecular flexibility index (Phi) is 3.26. The fourth-order valence-electron chi connectivity index (χ4n) is 1.92. The summed E-state index contributed by atoms with van der Waals surface area (Å²) < 4.78 is 5.27. The fourth-order valence-corrected chi connectivity index (χ4v) is 2.77. The molecule has 0 aliphatic rings. The summed E-state index contributed by atoms with van der Waals surface area (Å²) in [5.74, 6) is -0.117. The second-order valence-electron chi connectivity index (χ2n) is 4.45. The molecule has 1 aromatic carbocycles. The van der Waals surface area contributed by atoms with Gasteiger partial charge >= 0.3 is 5.97 Å². The highest BCUT2D eigenvalue weighted by molar-refractivity contribution is 7.15. The topological polar surface area (TPSA) is 89.1 Å². The number of carboxylic acids is 1. The summed E-state index contributed by atoms with van der Waals surface area (Å²) in [6.07, 6.45) is 0. The van der Waals surface area contributed by atoms with Gasteiger partial charge in [0.25, 0.3) is 5.89 Å². The van der Waals surface area contributed by atoms with E-state index in [1.807, 2.05) is 13.8 Å². The van der Waals surface area contributed by atoms with E-state index in [4.69, 9.17) is 9.63 Å². The van der Waals surface area contributed by atoms with E-state index in [9.17, 15) is 4.79 Å². The zero-order valence-electron chi connectivity index (χ0n) is 11.3. The van der Waals surface area contributed by atoms with E-state index in [0.29, 0.717) is 17.3 Å². The number of aromatic nitrogens is 3. The number of carboxylic acid groups (broad SMARTS) is 1. The fraction of sp³-hybridized carbons (Fsp3) is 0.143. The number of carbonyl (C=O) groups is 1. The lowest BCUT2D eigenvalue weighted by Gasteiger charge is -1.95. The molecule has 3 aromatic rings. The van der Waals surface area contributed by atoms with E-state index >= 15 is 0 Å². The van der Waals surface area contributed by atoms with E-state index in [1.165, 1.54) is 23.5 Å². The van der Waals surface area contributed by atoms with Gasteiger partial charge in [0, 0.05) is 5.56 Å². The number of nitrogens with zero attached hydrogens (tertiary/aromatic N) is 3. The number of rotatable bonds is 3. The van der Waals surface area contributed by atoms with Crippen LogP contribution in [-0.2, 0) is 0 Å². The van der Waals surface area contributed by atoms with Crippen molar-refractivity contribution >= 4 is 17.3 Å². The number of aryl methyl sites for hydroxylation is 2. The van der Waals surface area contributed by atoms with Gasteiger partial charge in [-0.1, -0.05) is 17.3 Å². The third kappa shape index (κ3) is 2.55. The lowest BCUT2D eigenvalue weighted by Crippen LogP contribution is -1.95. The van der Waals surface area contributed by atoms with E-state index in [0.717, 1.165) is 15.6 Å². The van der Waals surface area contributed by atoms with Gasteiger partial charge in [0.05, 0.1) is 16.3 Å². The van der Waals surface area contributed by atoms with Gasteiger partial charge in [0.1, 0.15) is 4.88 Å². The standard InChI is InChI=1S/C14H11N3O3S/c1-7-11(21-8(2)15-7)13-16-12(17-20-13)9-3-5-10(6-4-9)14(18)19/h3-6H,1-2H3,(H,18,19). The first kappa shape index (κ1) is 13.4. The van der Waals surface area contributed by atoms with Crippen LogP contribution in [0.15, 0.2) is 28.8 Å². The van der Waals surface area contributed by atoms with Crippen LogP contribution in [-0.4, -0.2) is 26.2 Å². The third-order valence-electron chi connectivity index (χ3n) is 2.91. The number of benzene rings is 1. The van der Waals surface area contributed by atoms with Gasteiger partial charge in [0.2, 0.25) is 5.82 Å². The summed E-state index contributed by atoms with van der Waals surface area (Å²) in [6, 6.07) is 6.33. The Labute approximate surface area is 124 Å². The van der Waals surface area contributed by atoms with E-state index < -0.39 is 5.97 Å². The first-order valence-electron chi connectivity index (χ1n) is 6.16. The van der Waals surface area contributed by atoms with Crippen LogP contribution in [0.5, 0.6) is 0 Å². The average molecular weight is 301 g/mol. The van der Waals surface area contributed by atoms with E-state index in [-0.39, 0.29) is 5.56 Å². The van der Waals surface area contributed by atoms with Crippen molar-refractivity contribution in [3.8, 4) is 22.2 Å². The highest BCUT2D eigenvalue weighted by Crippen LogP contribution is 2.29. The lowest BCUT2D eigenvalue weighted by atomic mass is 10.1. The molecular formula is C14H11N3O3S. The molecule has 0 amide bonds. The predicted octanol–water partition coefficient (Wildman–Crippen LogP) is 3.18. The van der Waals surface area contributed by atoms with Crippen molar-refractivity contribution < 1.29 is 14.4 Å². The third-order valence-corrected chi connectivity index (χ3v) is 3.97. The molecule has 2 aromatic heterocycles. The Morgan fingerprint density at radius 1 is 1.19 bits per heavy atom. The van der Waals surface area contributed by atoms with Crippen molar-refractivity contribution in [3.05, 3.63) is 40.5 Å². The van der Waals surface area contributed by atoms with Crippen molar-refractivity contribution in [2.24, 2.45) is 0 Å². The molecule has 0 aliphatic heterocycles. The molecule has 0 saturated heterocycles. The van der Waals surface area contributed by atoms with E-state index in [1.54, 1.807) is 12.1 Å². The molecule has 6 nitrogen and oxygen atoms in total. The second-order valence-corrected chi connectivity index (χ2v) is 5.66. The molecular weight excluding hydrogens is 290 g/mol. The highest BCUT2D eigenvalue weighted by atomic mass is 32.1. The van der Waals surface area contributed by atoms with E-state index in [2.05, 4.69) is 15.1 Å². The number of thiazole rings is 1. The first-order valence-corrected chi connectivity index (χ1v) is 6.98. The summed E-state index contributed by atoms with van der Waals surface area (Å²) in [5, 5.41) is 13.7. The van der Waals surface area contributed by atoms with Crippen molar-refractivity contribution in [1.29, 1.82) is 0 Å². The Hall–Kier alpha value is -2.54. The summed E-state index contributed by atoms with van der Waals surface area (Å²) in [4.78, 5) is 20.3. The maximum Gasteiger partial charge on any atom is 0.335 e. The largest absolute Gasteiger partial charge is 0.478 e. The molecule has 7 heteroatoms. The van der Waals surface area contributed by atoms with Gasteiger partial charge in [-0.05, 0) is 26.0 Å². The van der Waals surface area contributed by atoms with Gasteiger partial charge in [-0.25, -0.2) is 9.78 Å². The van der Waals surface area contributed by atoms with Crippen molar-refractivity contribution in [2.75, 3.05) is 0 Å². The maximum absolute atomic E-state index is 10.8. The predicted molar refractivity (Wildman–Crippen MR) is 77.3 cm³/mol. The molecule has 0 radical (unpaired) electrons. The van der Waals surface area contributed by atoms with Crippen LogP contribution < -0.4 is 0 Å².